The first-order valence-corrected chi connectivity index (χ1v) is 6.58. The Balaban J connectivity index is 2.23. The molecule has 0 radical (unpaired) electrons. The summed E-state index contributed by atoms with van der Waals surface area (Å²) in [5.41, 5.74) is 0. The molecule has 1 saturated heterocycles. The first kappa shape index (κ1) is 13.1. The average molecular weight is 238 g/mol. The van der Waals surface area contributed by atoms with Crippen LogP contribution < -0.4 is 0 Å². The molecular formula is C8H19N2O4P. The maximum absolute atomic E-state index is 10.5. The van der Waals surface area contributed by atoms with Gasteiger partial charge in [-0.1, -0.05) is 0 Å². The summed E-state index contributed by atoms with van der Waals surface area (Å²) in [7, 11) is -4.32. The van der Waals surface area contributed by atoms with Crippen molar-refractivity contribution in [1.29, 1.82) is 0 Å². The molecule has 0 atom stereocenters. The molecule has 6 nitrogen and oxygen atoms in total. The molecule has 1 rings (SSSR count). The number of phosphoric ester groups is 1. The maximum Gasteiger partial charge on any atom is 0.470 e. The minimum atomic E-state index is -4.32. The van der Waals surface area contributed by atoms with E-state index < -0.39 is 7.82 Å². The number of hydrogen-bond donors (Lipinski definition) is 2. The summed E-state index contributed by atoms with van der Waals surface area (Å²) >= 11 is 0. The Morgan fingerprint density at radius 3 is 2.20 bits per heavy atom. The van der Waals surface area contributed by atoms with Crippen LogP contribution in [0.2, 0.25) is 0 Å². The lowest BCUT2D eigenvalue weighted by Gasteiger charge is -2.36. The van der Waals surface area contributed by atoms with Crippen LogP contribution in [0.3, 0.4) is 0 Å². The number of rotatable bonds is 4. The Bertz CT molecular complexity index is 235. The van der Waals surface area contributed by atoms with Crippen LogP contribution in [0.1, 0.15) is 13.8 Å². The highest BCUT2D eigenvalue weighted by Crippen LogP contribution is 2.35. The van der Waals surface area contributed by atoms with E-state index in [0.717, 1.165) is 26.2 Å². The number of nitrogens with zero attached hydrogens (tertiary/aromatic N) is 2. The normalized spacial score (nSPS) is 21.1. The van der Waals surface area contributed by atoms with Crippen molar-refractivity contribution in [2.45, 2.75) is 19.9 Å². The molecule has 0 aromatic rings. The second-order valence-corrected chi connectivity index (χ2v) is 5.24. The molecule has 0 aliphatic carbocycles. The standard InChI is InChI=1S/C8H19N2O4P/c1-8(2)10-5-3-9(4-6-10)7-14-15(11,12)13/h8H,3-7H2,1-2H3,(H2,11,12,13). The van der Waals surface area contributed by atoms with E-state index in [1.54, 1.807) is 0 Å². The van der Waals surface area contributed by atoms with Gasteiger partial charge in [-0.2, -0.15) is 0 Å². The van der Waals surface area contributed by atoms with E-state index in [-0.39, 0.29) is 6.73 Å². The highest BCUT2D eigenvalue weighted by molar-refractivity contribution is 7.46. The molecule has 0 amide bonds. The Morgan fingerprint density at radius 2 is 1.80 bits per heavy atom. The van der Waals surface area contributed by atoms with Gasteiger partial charge in [0.1, 0.15) is 6.73 Å². The van der Waals surface area contributed by atoms with Crippen LogP contribution in [-0.4, -0.2) is 58.5 Å². The van der Waals surface area contributed by atoms with Gasteiger partial charge in [0.05, 0.1) is 0 Å². The van der Waals surface area contributed by atoms with Gasteiger partial charge in [0.2, 0.25) is 0 Å². The van der Waals surface area contributed by atoms with Gasteiger partial charge in [-0.3, -0.25) is 14.3 Å². The molecule has 7 heteroatoms. The predicted molar refractivity (Wildman–Crippen MR) is 56.3 cm³/mol. The van der Waals surface area contributed by atoms with Gasteiger partial charge in [-0.25, -0.2) is 4.57 Å². The largest absolute Gasteiger partial charge is 0.470 e. The van der Waals surface area contributed by atoms with Gasteiger partial charge < -0.3 is 9.79 Å². The highest BCUT2D eigenvalue weighted by Gasteiger charge is 2.21. The fourth-order valence-corrected chi connectivity index (χ4v) is 1.88. The number of phosphoric acid groups is 1. The zero-order valence-electron chi connectivity index (χ0n) is 9.17. The third kappa shape index (κ3) is 5.06. The lowest BCUT2D eigenvalue weighted by molar-refractivity contribution is 0.0401. The van der Waals surface area contributed by atoms with Gasteiger partial charge >= 0.3 is 7.82 Å². The van der Waals surface area contributed by atoms with E-state index in [1.165, 1.54) is 0 Å². The maximum atomic E-state index is 10.5. The topological polar surface area (TPSA) is 73.2 Å². The van der Waals surface area contributed by atoms with Gasteiger partial charge in [0.15, 0.2) is 0 Å². The molecule has 2 N–H and O–H groups in total. The Labute approximate surface area is 90.1 Å². The Morgan fingerprint density at radius 1 is 1.27 bits per heavy atom. The molecular weight excluding hydrogens is 219 g/mol. The third-order valence-electron chi connectivity index (χ3n) is 2.55. The molecule has 0 unspecified atom stereocenters. The van der Waals surface area contributed by atoms with Gasteiger partial charge in [0.25, 0.3) is 0 Å². The van der Waals surface area contributed by atoms with Crippen LogP contribution >= 0.6 is 7.82 Å². The Hall–Kier alpha value is 0.0300. The molecule has 1 aliphatic rings. The van der Waals surface area contributed by atoms with Crippen LogP contribution in [0, 0.1) is 0 Å². The van der Waals surface area contributed by atoms with E-state index >= 15 is 0 Å². The molecule has 1 aliphatic heterocycles. The first-order chi connectivity index (χ1) is 6.88. The molecule has 15 heavy (non-hydrogen) atoms. The van der Waals surface area contributed by atoms with E-state index in [2.05, 4.69) is 23.3 Å². The van der Waals surface area contributed by atoms with Crippen LogP contribution in [-0.2, 0) is 9.09 Å². The van der Waals surface area contributed by atoms with Crippen LogP contribution in [0.5, 0.6) is 0 Å². The molecule has 1 heterocycles. The van der Waals surface area contributed by atoms with Crippen molar-refractivity contribution in [2.24, 2.45) is 0 Å². The minimum absolute atomic E-state index is 0.0101. The highest BCUT2D eigenvalue weighted by atomic mass is 31.2. The molecule has 0 bridgehead atoms. The predicted octanol–water partition coefficient (Wildman–Crippen LogP) is 0.0792. The summed E-state index contributed by atoms with van der Waals surface area (Å²) in [5.74, 6) is 0. The van der Waals surface area contributed by atoms with Crippen molar-refractivity contribution in [1.82, 2.24) is 9.80 Å². The molecule has 0 saturated carbocycles. The van der Waals surface area contributed by atoms with Crippen molar-refractivity contribution >= 4 is 7.82 Å². The summed E-state index contributed by atoms with van der Waals surface area (Å²) in [6.45, 7) is 7.71. The average Bonchev–Trinajstić information content (AvgIpc) is 2.14. The summed E-state index contributed by atoms with van der Waals surface area (Å²) in [5, 5.41) is 0. The second kappa shape index (κ2) is 5.39. The lowest BCUT2D eigenvalue weighted by atomic mass is 10.2. The van der Waals surface area contributed by atoms with Crippen LogP contribution in [0.25, 0.3) is 0 Å². The van der Waals surface area contributed by atoms with Crippen molar-refractivity contribution in [3.05, 3.63) is 0 Å². The fraction of sp³-hybridized carbons (Fsp3) is 1.00. The van der Waals surface area contributed by atoms with Gasteiger partial charge in [0, 0.05) is 32.2 Å². The minimum Gasteiger partial charge on any atom is -0.303 e. The van der Waals surface area contributed by atoms with Gasteiger partial charge in [-0.15, -0.1) is 0 Å². The molecule has 0 spiro atoms. The third-order valence-corrected chi connectivity index (χ3v) is 3.00. The monoisotopic (exact) mass is 238 g/mol. The van der Waals surface area contributed by atoms with E-state index in [9.17, 15) is 4.57 Å². The SMILES string of the molecule is CC(C)N1CCN(COP(=O)(O)O)CC1. The van der Waals surface area contributed by atoms with Crippen molar-refractivity contribution in [3.8, 4) is 0 Å². The summed E-state index contributed by atoms with van der Waals surface area (Å²) in [4.78, 5) is 21.3. The molecule has 1 fully saturated rings. The quantitative estimate of drug-likeness (QED) is 0.676. The zero-order chi connectivity index (χ0) is 11.5. The zero-order valence-corrected chi connectivity index (χ0v) is 10.1. The second-order valence-electron chi connectivity index (χ2n) is 4.00. The molecule has 0 aromatic heterocycles. The lowest BCUT2D eigenvalue weighted by Crippen LogP contribution is -2.49. The fourth-order valence-electron chi connectivity index (χ4n) is 1.57. The van der Waals surface area contributed by atoms with Crippen molar-refractivity contribution in [2.75, 3.05) is 32.9 Å². The number of piperazine rings is 1. The first-order valence-electron chi connectivity index (χ1n) is 5.05. The summed E-state index contributed by atoms with van der Waals surface area (Å²) < 4.78 is 14.9. The summed E-state index contributed by atoms with van der Waals surface area (Å²) in [6, 6.07) is 0.523. The number of hydrogen-bond acceptors (Lipinski definition) is 4. The molecule has 0 aromatic carbocycles. The van der Waals surface area contributed by atoms with Crippen LogP contribution in [0.15, 0.2) is 0 Å². The van der Waals surface area contributed by atoms with E-state index in [4.69, 9.17) is 9.79 Å². The smallest absolute Gasteiger partial charge is 0.303 e. The van der Waals surface area contributed by atoms with Gasteiger partial charge in [-0.05, 0) is 13.8 Å². The van der Waals surface area contributed by atoms with E-state index in [1.807, 2.05) is 4.90 Å². The van der Waals surface area contributed by atoms with Crippen LogP contribution in [0.4, 0.5) is 0 Å². The van der Waals surface area contributed by atoms with E-state index in [0.29, 0.717) is 6.04 Å². The molecule has 90 valence electrons. The Kier molecular flexibility index (Phi) is 4.70. The summed E-state index contributed by atoms with van der Waals surface area (Å²) in [6.07, 6.45) is 0. The van der Waals surface area contributed by atoms with Crippen molar-refractivity contribution < 1.29 is 18.9 Å². The van der Waals surface area contributed by atoms with Crippen molar-refractivity contribution in [3.63, 3.8) is 0 Å².